The average Bonchev–Trinajstić information content (AvgIpc) is 2.82. The van der Waals surface area contributed by atoms with Gasteiger partial charge in [-0.1, -0.05) is 11.6 Å². The molecule has 1 saturated carbocycles. The highest BCUT2D eigenvalue weighted by atomic mass is 35.5. The monoisotopic (exact) mass is 245 g/mol. The van der Waals surface area contributed by atoms with Crippen LogP contribution in [0.25, 0.3) is 0 Å². The summed E-state index contributed by atoms with van der Waals surface area (Å²) in [4.78, 5) is 0.295. The summed E-state index contributed by atoms with van der Waals surface area (Å²) in [6, 6.07) is 6.18. The number of hydrogen-bond donors (Lipinski definition) is 1. The van der Waals surface area contributed by atoms with Gasteiger partial charge in [-0.15, -0.1) is 0 Å². The van der Waals surface area contributed by atoms with Crippen molar-refractivity contribution in [1.82, 2.24) is 0 Å². The van der Waals surface area contributed by atoms with Crippen LogP contribution in [0.15, 0.2) is 29.2 Å². The zero-order valence-corrected chi connectivity index (χ0v) is 9.68. The molecule has 0 radical (unpaired) electrons. The van der Waals surface area contributed by atoms with Crippen molar-refractivity contribution in [2.24, 2.45) is 5.73 Å². The number of hydrogen-bond acceptors (Lipinski definition) is 3. The van der Waals surface area contributed by atoms with Crippen molar-refractivity contribution in [3.8, 4) is 0 Å². The first-order chi connectivity index (χ1) is 6.91. The second-order valence-electron chi connectivity index (χ2n) is 4.08. The summed E-state index contributed by atoms with van der Waals surface area (Å²) >= 11 is 5.69. The summed E-state index contributed by atoms with van der Waals surface area (Å²) in [5, 5.41) is 0.530. The smallest absolute Gasteiger partial charge is 0.180 e. The Morgan fingerprint density at radius 1 is 1.27 bits per heavy atom. The minimum Gasteiger partial charge on any atom is -0.324 e. The van der Waals surface area contributed by atoms with Crippen molar-refractivity contribution < 1.29 is 8.42 Å². The predicted molar refractivity (Wildman–Crippen MR) is 59.7 cm³/mol. The van der Waals surface area contributed by atoms with E-state index in [-0.39, 0.29) is 5.75 Å². The predicted octanol–water partition coefficient (Wildman–Crippen LogP) is 1.60. The molecule has 0 unspecified atom stereocenters. The van der Waals surface area contributed by atoms with E-state index in [0.29, 0.717) is 9.92 Å². The molecule has 15 heavy (non-hydrogen) atoms. The number of rotatable bonds is 3. The zero-order valence-electron chi connectivity index (χ0n) is 8.11. The van der Waals surface area contributed by atoms with Crippen LogP contribution in [0.2, 0.25) is 5.02 Å². The molecule has 82 valence electrons. The van der Waals surface area contributed by atoms with Crippen LogP contribution in [0, 0.1) is 0 Å². The highest BCUT2D eigenvalue weighted by molar-refractivity contribution is 7.91. The molecule has 3 nitrogen and oxygen atoms in total. The van der Waals surface area contributed by atoms with Crippen molar-refractivity contribution in [3.05, 3.63) is 29.3 Å². The number of nitrogens with two attached hydrogens (primary N) is 1. The van der Waals surface area contributed by atoms with E-state index in [1.54, 1.807) is 12.1 Å². The third kappa shape index (κ3) is 2.51. The summed E-state index contributed by atoms with van der Waals surface area (Å²) < 4.78 is 23.8. The van der Waals surface area contributed by atoms with Crippen molar-refractivity contribution in [2.75, 3.05) is 5.75 Å². The molecule has 0 spiro atoms. The van der Waals surface area contributed by atoms with Gasteiger partial charge in [-0.3, -0.25) is 0 Å². The second kappa shape index (κ2) is 3.47. The normalized spacial score (nSPS) is 18.8. The minimum atomic E-state index is -3.26. The molecule has 1 aromatic carbocycles. The van der Waals surface area contributed by atoms with Gasteiger partial charge in [0.25, 0.3) is 0 Å². The molecule has 0 bridgehead atoms. The molecule has 5 heteroatoms. The van der Waals surface area contributed by atoms with Crippen molar-refractivity contribution in [3.63, 3.8) is 0 Å². The molecule has 0 saturated heterocycles. The van der Waals surface area contributed by atoms with Crippen molar-refractivity contribution in [1.29, 1.82) is 0 Å². The Balaban J connectivity index is 2.25. The number of sulfone groups is 1. The molecule has 0 heterocycles. The van der Waals surface area contributed by atoms with E-state index in [9.17, 15) is 8.42 Å². The molecule has 0 amide bonds. The van der Waals surface area contributed by atoms with E-state index in [4.69, 9.17) is 17.3 Å². The van der Waals surface area contributed by atoms with E-state index < -0.39 is 15.4 Å². The van der Waals surface area contributed by atoms with Crippen LogP contribution >= 0.6 is 11.6 Å². The first-order valence-corrected chi connectivity index (χ1v) is 6.72. The molecule has 2 N–H and O–H groups in total. The lowest BCUT2D eigenvalue weighted by atomic mass is 10.4. The molecule has 1 aliphatic carbocycles. The van der Waals surface area contributed by atoms with Crippen LogP contribution < -0.4 is 5.73 Å². The second-order valence-corrected chi connectivity index (χ2v) is 6.50. The van der Waals surface area contributed by atoms with Crippen LogP contribution in [0.5, 0.6) is 0 Å². The van der Waals surface area contributed by atoms with Crippen molar-refractivity contribution in [2.45, 2.75) is 23.3 Å². The van der Waals surface area contributed by atoms with Gasteiger partial charge in [0.1, 0.15) is 0 Å². The molecule has 1 aliphatic rings. The molecule has 2 rings (SSSR count). The molecular formula is C10H12ClNO2S. The lowest BCUT2D eigenvalue weighted by Crippen LogP contribution is -2.31. The minimum absolute atomic E-state index is 0.0294. The zero-order chi connectivity index (χ0) is 11.1. The van der Waals surface area contributed by atoms with Crippen LogP contribution in [-0.4, -0.2) is 19.7 Å². The van der Waals surface area contributed by atoms with Gasteiger partial charge < -0.3 is 5.73 Å². The van der Waals surface area contributed by atoms with E-state index in [0.717, 1.165) is 12.8 Å². The topological polar surface area (TPSA) is 60.2 Å². The fourth-order valence-corrected chi connectivity index (χ4v) is 3.30. The van der Waals surface area contributed by atoms with E-state index >= 15 is 0 Å². The lowest BCUT2D eigenvalue weighted by molar-refractivity contribution is 0.585. The fourth-order valence-electron chi connectivity index (χ4n) is 1.41. The lowest BCUT2D eigenvalue weighted by Gasteiger charge is -2.09. The Kier molecular flexibility index (Phi) is 2.53. The summed E-state index contributed by atoms with van der Waals surface area (Å²) in [6.07, 6.45) is 1.58. The molecule has 0 aromatic heterocycles. The largest absolute Gasteiger partial charge is 0.324 e. The van der Waals surface area contributed by atoms with Gasteiger partial charge in [0.2, 0.25) is 0 Å². The number of benzene rings is 1. The van der Waals surface area contributed by atoms with Gasteiger partial charge in [-0.05, 0) is 37.1 Å². The summed E-state index contributed by atoms with van der Waals surface area (Å²) in [6.45, 7) is 0. The van der Waals surface area contributed by atoms with Crippen LogP contribution in [0.3, 0.4) is 0 Å². The van der Waals surface area contributed by atoms with Crippen LogP contribution in [0.1, 0.15) is 12.8 Å². The van der Waals surface area contributed by atoms with E-state index in [1.165, 1.54) is 12.1 Å². The number of halogens is 1. The van der Waals surface area contributed by atoms with Gasteiger partial charge >= 0.3 is 0 Å². The van der Waals surface area contributed by atoms with Gasteiger partial charge in [0, 0.05) is 10.6 Å². The Labute approximate surface area is 94.2 Å². The molecular weight excluding hydrogens is 234 g/mol. The average molecular weight is 246 g/mol. The summed E-state index contributed by atoms with van der Waals surface area (Å²) in [5.74, 6) is 0.0294. The van der Waals surface area contributed by atoms with Crippen LogP contribution in [-0.2, 0) is 9.84 Å². The third-order valence-corrected chi connectivity index (χ3v) is 4.74. The highest BCUT2D eigenvalue weighted by Gasteiger charge is 2.42. The highest BCUT2D eigenvalue weighted by Crippen LogP contribution is 2.35. The third-order valence-electron chi connectivity index (χ3n) is 2.54. The SMILES string of the molecule is NC1(CS(=O)(=O)c2ccc(Cl)cc2)CC1. The van der Waals surface area contributed by atoms with Crippen molar-refractivity contribution >= 4 is 21.4 Å². The molecule has 1 aromatic rings. The Bertz CT molecular complexity index is 463. The first-order valence-electron chi connectivity index (χ1n) is 4.69. The quantitative estimate of drug-likeness (QED) is 0.880. The summed E-state index contributed by atoms with van der Waals surface area (Å²) in [7, 11) is -3.26. The molecule has 1 fully saturated rings. The van der Waals surface area contributed by atoms with Crippen LogP contribution in [0.4, 0.5) is 0 Å². The maximum absolute atomic E-state index is 11.9. The standard InChI is InChI=1S/C10H12ClNO2S/c11-8-1-3-9(4-2-8)15(13,14)7-10(12)5-6-10/h1-4H,5-7,12H2. The van der Waals surface area contributed by atoms with Gasteiger partial charge in [-0.25, -0.2) is 8.42 Å². The Morgan fingerprint density at radius 2 is 1.80 bits per heavy atom. The van der Waals surface area contributed by atoms with E-state index in [1.807, 2.05) is 0 Å². The fraction of sp³-hybridized carbons (Fsp3) is 0.400. The molecule has 0 aliphatic heterocycles. The van der Waals surface area contributed by atoms with E-state index in [2.05, 4.69) is 0 Å². The Morgan fingerprint density at radius 3 is 2.27 bits per heavy atom. The summed E-state index contributed by atoms with van der Waals surface area (Å²) in [5.41, 5.74) is 5.31. The Hall–Kier alpha value is -0.580. The molecule has 0 atom stereocenters. The van der Waals surface area contributed by atoms with Gasteiger partial charge in [0.15, 0.2) is 9.84 Å². The first kappa shape index (κ1) is 10.9. The van der Waals surface area contributed by atoms with Gasteiger partial charge in [0.05, 0.1) is 10.6 Å². The van der Waals surface area contributed by atoms with Gasteiger partial charge in [-0.2, -0.15) is 0 Å². The maximum Gasteiger partial charge on any atom is 0.180 e. The maximum atomic E-state index is 11.9.